The Morgan fingerprint density at radius 2 is 1.64 bits per heavy atom. The summed E-state index contributed by atoms with van der Waals surface area (Å²) in [4.78, 5) is 6.88. The number of hydrogen-bond donors (Lipinski definition) is 2. The van der Waals surface area contributed by atoms with Crippen molar-refractivity contribution in [1.29, 1.82) is 0 Å². The Morgan fingerprint density at radius 3 is 2.50 bits per heavy atom. The van der Waals surface area contributed by atoms with Crippen molar-refractivity contribution >= 4 is 28.8 Å². The standard InChI is InChI=1S/C20H20N6O2/c1-2-10-26(9-1)16-6-3-14(4-7-16)22-19-12-21-25-20(24-19)23-15-5-8-17-18(11-15)28-13-27-17/h3-8,11-12H,1-2,9-10,13H2,(H2,22,23,24,25). The van der Waals surface area contributed by atoms with E-state index in [2.05, 4.69) is 55.0 Å². The molecule has 3 heterocycles. The van der Waals surface area contributed by atoms with E-state index in [0.717, 1.165) is 30.2 Å². The first kappa shape index (κ1) is 16.6. The fourth-order valence-corrected chi connectivity index (χ4v) is 3.40. The average molecular weight is 376 g/mol. The van der Waals surface area contributed by atoms with E-state index in [1.807, 2.05) is 18.2 Å². The number of anilines is 5. The van der Waals surface area contributed by atoms with Gasteiger partial charge in [0.15, 0.2) is 17.3 Å². The van der Waals surface area contributed by atoms with Gasteiger partial charge in [0.2, 0.25) is 12.7 Å². The van der Waals surface area contributed by atoms with E-state index in [9.17, 15) is 0 Å². The third-order valence-corrected chi connectivity index (χ3v) is 4.80. The van der Waals surface area contributed by atoms with Crippen LogP contribution in [0.1, 0.15) is 12.8 Å². The first-order valence-corrected chi connectivity index (χ1v) is 9.32. The lowest BCUT2D eigenvalue weighted by atomic mass is 10.2. The zero-order chi connectivity index (χ0) is 18.8. The predicted molar refractivity (Wildman–Crippen MR) is 107 cm³/mol. The highest BCUT2D eigenvalue weighted by molar-refractivity contribution is 5.63. The van der Waals surface area contributed by atoms with Crippen LogP contribution in [-0.4, -0.2) is 35.1 Å². The SMILES string of the molecule is c1cc(N2CCCC2)ccc1Nc1cnnc(Nc2ccc3c(c2)OCO3)n1. The van der Waals surface area contributed by atoms with E-state index >= 15 is 0 Å². The summed E-state index contributed by atoms with van der Waals surface area (Å²) in [7, 11) is 0. The van der Waals surface area contributed by atoms with Crippen molar-refractivity contribution < 1.29 is 9.47 Å². The van der Waals surface area contributed by atoms with Crippen molar-refractivity contribution in [3.63, 3.8) is 0 Å². The molecule has 8 heteroatoms. The minimum absolute atomic E-state index is 0.243. The Balaban J connectivity index is 1.27. The van der Waals surface area contributed by atoms with Crippen molar-refractivity contribution in [3.8, 4) is 11.5 Å². The molecule has 2 aliphatic rings. The van der Waals surface area contributed by atoms with Crippen LogP contribution in [0.3, 0.4) is 0 Å². The van der Waals surface area contributed by atoms with Crippen LogP contribution in [-0.2, 0) is 0 Å². The van der Waals surface area contributed by atoms with Crippen LogP contribution in [0.25, 0.3) is 0 Å². The summed E-state index contributed by atoms with van der Waals surface area (Å²) in [5.41, 5.74) is 3.02. The molecule has 2 N–H and O–H groups in total. The van der Waals surface area contributed by atoms with Crippen molar-refractivity contribution in [2.45, 2.75) is 12.8 Å². The summed E-state index contributed by atoms with van der Waals surface area (Å²) in [6.07, 6.45) is 4.14. The molecule has 1 fully saturated rings. The molecule has 2 aromatic carbocycles. The van der Waals surface area contributed by atoms with Gasteiger partial charge in [-0.1, -0.05) is 0 Å². The molecule has 2 aliphatic heterocycles. The highest BCUT2D eigenvalue weighted by Crippen LogP contribution is 2.34. The van der Waals surface area contributed by atoms with Crippen molar-refractivity contribution in [2.75, 3.05) is 35.4 Å². The van der Waals surface area contributed by atoms with Crippen LogP contribution < -0.4 is 25.0 Å². The van der Waals surface area contributed by atoms with E-state index in [4.69, 9.17) is 9.47 Å². The maximum atomic E-state index is 5.39. The van der Waals surface area contributed by atoms with Gasteiger partial charge in [0.1, 0.15) is 0 Å². The molecule has 142 valence electrons. The van der Waals surface area contributed by atoms with E-state index in [0.29, 0.717) is 17.5 Å². The summed E-state index contributed by atoms with van der Waals surface area (Å²) in [6, 6.07) is 14.0. The molecule has 0 saturated carbocycles. The van der Waals surface area contributed by atoms with Crippen LogP contribution in [0.5, 0.6) is 11.5 Å². The van der Waals surface area contributed by atoms with Crippen molar-refractivity contribution in [1.82, 2.24) is 15.2 Å². The average Bonchev–Trinajstić information content (AvgIpc) is 3.41. The highest BCUT2D eigenvalue weighted by Gasteiger charge is 2.14. The Bertz CT molecular complexity index is 973. The van der Waals surface area contributed by atoms with Gasteiger partial charge >= 0.3 is 0 Å². The Morgan fingerprint density at radius 1 is 0.857 bits per heavy atom. The molecule has 5 rings (SSSR count). The Hall–Kier alpha value is -3.55. The topological polar surface area (TPSA) is 84.4 Å². The lowest BCUT2D eigenvalue weighted by Gasteiger charge is -2.17. The highest BCUT2D eigenvalue weighted by atomic mass is 16.7. The minimum Gasteiger partial charge on any atom is -0.454 e. The molecule has 0 amide bonds. The van der Waals surface area contributed by atoms with Crippen LogP contribution in [0.15, 0.2) is 48.7 Å². The third-order valence-electron chi connectivity index (χ3n) is 4.80. The molecule has 1 aromatic heterocycles. The van der Waals surface area contributed by atoms with Gasteiger partial charge in [-0.2, -0.15) is 10.1 Å². The Labute approximate surface area is 162 Å². The summed E-state index contributed by atoms with van der Waals surface area (Å²) >= 11 is 0. The fourth-order valence-electron chi connectivity index (χ4n) is 3.40. The van der Waals surface area contributed by atoms with E-state index < -0.39 is 0 Å². The first-order valence-electron chi connectivity index (χ1n) is 9.32. The number of nitrogens with one attached hydrogen (secondary N) is 2. The molecule has 0 unspecified atom stereocenters. The number of rotatable bonds is 5. The maximum absolute atomic E-state index is 5.39. The monoisotopic (exact) mass is 376 g/mol. The van der Waals surface area contributed by atoms with Gasteiger partial charge in [0.05, 0.1) is 6.20 Å². The lowest BCUT2D eigenvalue weighted by Crippen LogP contribution is -2.17. The van der Waals surface area contributed by atoms with E-state index in [1.165, 1.54) is 18.5 Å². The summed E-state index contributed by atoms with van der Waals surface area (Å²) in [6.45, 7) is 2.52. The van der Waals surface area contributed by atoms with Crippen molar-refractivity contribution in [2.24, 2.45) is 0 Å². The molecule has 3 aromatic rings. The smallest absolute Gasteiger partial charge is 0.249 e. The molecule has 0 atom stereocenters. The summed E-state index contributed by atoms with van der Waals surface area (Å²) in [5.74, 6) is 2.45. The fraction of sp³-hybridized carbons (Fsp3) is 0.250. The summed E-state index contributed by atoms with van der Waals surface area (Å²) < 4.78 is 10.7. The Kier molecular flexibility index (Phi) is 4.29. The normalized spacial score (nSPS) is 14.9. The molecule has 0 radical (unpaired) electrons. The van der Waals surface area contributed by atoms with E-state index in [1.54, 1.807) is 6.20 Å². The molecule has 0 spiro atoms. The second-order valence-electron chi connectivity index (χ2n) is 6.72. The largest absolute Gasteiger partial charge is 0.454 e. The number of nitrogens with zero attached hydrogens (tertiary/aromatic N) is 4. The first-order chi connectivity index (χ1) is 13.8. The molecule has 8 nitrogen and oxygen atoms in total. The number of benzene rings is 2. The zero-order valence-corrected chi connectivity index (χ0v) is 15.3. The molecular weight excluding hydrogens is 356 g/mol. The van der Waals surface area contributed by atoms with Crippen LogP contribution in [0.2, 0.25) is 0 Å². The maximum Gasteiger partial charge on any atom is 0.249 e. The second-order valence-corrected chi connectivity index (χ2v) is 6.72. The van der Waals surface area contributed by atoms with Gasteiger partial charge < -0.3 is 25.0 Å². The van der Waals surface area contributed by atoms with Crippen LogP contribution in [0, 0.1) is 0 Å². The number of ether oxygens (including phenoxy) is 2. The molecular formula is C20H20N6O2. The zero-order valence-electron chi connectivity index (χ0n) is 15.3. The van der Waals surface area contributed by atoms with Gasteiger partial charge in [-0.05, 0) is 49.2 Å². The quantitative estimate of drug-likeness (QED) is 0.697. The van der Waals surface area contributed by atoms with Crippen LogP contribution >= 0.6 is 0 Å². The number of fused-ring (bicyclic) bond motifs is 1. The minimum atomic E-state index is 0.243. The third kappa shape index (κ3) is 3.48. The molecule has 0 aliphatic carbocycles. The predicted octanol–water partition coefficient (Wildman–Crippen LogP) is 3.69. The summed E-state index contributed by atoms with van der Waals surface area (Å²) in [5, 5.41) is 14.5. The molecule has 28 heavy (non-hydrogen) atoms. The molecule has 0 bridgehead atoms. The second kappa shape index (κ2) is 7.22. The van der Waals surface area contributed by atoms with Gasteiger partial charge in [-0.25, -0.2) is 0 Å². The number of hydrogen-bond acceptors (Lipinski definition) is 8. The van der Waals surface area contributed by atoms with Gasteiger partial charge in [-0.15, -0.1) is 5.10 Å². The van der Waals surface area contributed by atoms with Gasteiger partial charge in [0.25, 0.3) is 0 Å². The van der Waals surface area contributed by atoms with Gasteiger partial charge in [0, 0.05) is 36.2 Å². The van der Waals surface area contributed by atoms with Gasteiger partial charge in [-0.3, -0.25) is 0 Å². The van der Waals surface area contributed by atoms with Crippen LogP contribution in [0.4, 0.5) is 28.8 Å². The molecule has 1 saturated heterocycles. The van der Waals surface area contributed by atoms with Crippen molar-refractivity contribution in [3.05, 3.63) is 48.7 Å². The number of aromatic nitrogens is 3. The van der Waals surface area contributed by atoms with E-state index in [-0.39, 0.29) is 6.79 Å². The lowest BCUT2D eigenvalue weighted by molar-refractivity contribution is 0.174.